The van der Waals surface area contributed by atoms with Gasteiger partial charge in [-0.15, -0.1) is 0 Å². The van der Waals surface area contributed by atoms with E-state index in [1.165, 1.54) is 0 Å². The number of nitrogens with zero attached hydrogens (tertiary/aromatic N) is 1. The van der Waals surface area contributed by atoms with Crippen LogP contribution in [0.25, 0.3) is 0 Å². The van der Waals surface area contributed by atoms with Gasteiger partial charge in [0.25, 0.3) is 0 Å². The lowest BCUT2D eigenvalue weighted by molar-refractivity contribution is -0.0553. The molecule has 4 nitrogen and oxygen atoms in total. The summed E-state index contributed by atoms with van der Waals surface area (Å²) < 4.78 is 5.68. The highest BCUT2D eigenvalue weighted by Gasteiger charge is 2.28. The van der Waals surface area contributed by atoms with Gasteiger partial charge in [0.2, 0.25) is 0 Å². The van der Waals surface area contributed by atoms with Gasteiger partial charge in [-0.2, -0.15) is 5.26 Å². The molecule has 0 amide bonds. The Morgan fingerprint density at radius 1 is 1.50 bits per heavy atom. The van der Waals surface area contributed by atoms with Crippen molar-refractivity contribution in [3.05, 3.63) is 23.8 Å². The lowest BCUT2D eigenvalue weighted by Crippen LogP contribution is -2.40. The molecule has 1 fully saturated rings. The van der Waals surface area contributed by atoms with Crippen molar-refractivity contribution in [1.29, 1.82) is 5.26 Å². The van der Waals surface area contributed by atoms with Crippen molar-refractivity contribution in [2.24, 2.45) is 0 Å². The highest BCUT2D eigenvalue weighted by Crippen LogP contribution is 2.27. The number of nitrogens with one attached hydrogen (secondary N) is 1. The molecule has 3 N–H and O–H groups in total. The quantitative estimate of drug-likeness (QED) is 0.785. The minimum absolute atomic E-state index is 0.0816. The van der Waals surface area contributed by atoms with Crippen molar-refractivity contribution in [3.63, 3.8) is 0 Å². The minimum Gasteiger partial charge on any atom is -0.398 e. The van der Waals surface area contributed by atoms with E-state index < -0.39 is 0 Å². The summed E-state index contributed by atoms with van der Waals surface area (Å²) in [5, 5.41) is 12.4. The van der Waals surface area contributed by atoms with Crippen molar-refractivity contribution in [2.45, 2.75) is 38.3 Å². The van der Waals surface area contributed by atoms with E-state index in [2.05, 4.69) is 25.2 Å². The summed E-state index contributed by atoms with van der Waals surface area (Å²) in [5.74, 6) is 0. The first-order valence-corrected chi connectivity index (χ1v) is 6.20. The third-order valence-corrected chi connectivity index (χ3v) is 3.24. The molecule has 0 bridgehead atoms. The summed E-state index contributed by atoms with van der Waals surface area (Å²) in [6.07, 6.45) is 1.94. The predicted molar refractivity (Wildman–Crippen MR) is 72.2 cm³/mol. The van der Waals surface area contributed by atoms with Gasteiger partial charge in [-0.3, -0.25) is 0 Å². The zero-order chi connectivity index (χ0) is 13.2. The monoisotopic (exact) mass is 245 g/mol. The van der Waals surface area contributed by atoms with Crippen LogP contribution in [0.4, 0.5) is 11.4 Å². The third-order valence-electron chi connectivity index (χ3n) is 3.24. The van der Waals surface area contributed by atoms with E-state index >= 15 is 0 Å². The Morgan fingerprint density at radius 2 is 2.28 bits per heavy atom. The van der Waals surface area contributed by atoms with E-state index in [0.29, 0.717) is 17.3 Å². The van der Waals surface area contributed by atoms with Crippen molar-refractivity contribution < 1.29 is 4.74 Å². The Kier molecular flexibility index (Phi) is 3.44. The Bertz CT molecular complexity index is 476. The largest absolute Gasteiger partial charge is 0.398 e. The number of benzene rings is 1. The van der Waals surface area contributed by atoms with Crippen molar-refractivity contribution in [2.75, 3.05) is 17.7 Å². The van der Waals surface area contributed by atoms with Crippen molar-refractivity contribution >= 4 is 11.4 Å². The molecule has 18 heavy (non-hydrogen) atoms. The molecular formula is C14H19N3O. The van der Waals surface area contributed by atoms with Crippen LogP contribution in [0.2, 0.25) is 0 Å². The van der Waals surface area contributed by atoms with Crippen molar-refractivity contribution in [3.8, 4) is 6.07 Å². The van der Waals surface area contributed by atoms with E-state index in [1.807, 2.05) is 6.07 Å². The second kappa shape index (κ2) is 4.87. The SMILES string of the molecule is CC1(C)CC(Nc2ccc(N)c(C#N)c2)CCO1. The molecule has 1 unspecified atom stereocenters. The van der Waals surface area contributed by atoms with Crippen LogP contribution in [0.15, 0.2) is 18.2 Å². The highest BCUT2D eigenvalue weighted by atomic mass is 16.5. The van der Waals surface area contributed by atoms with Crippen LogP contribution in [-0.4, -0.2) is 18.2 Å². The van der Waals surface area contributed by atoms with Gasteiger partial charge in [-0.1, -0.05) is 0 Å². The first-order valence-electron chi connectivity index (χ1n) is 6.20. The maximum atomic E-state index is 8.95. The second-order valence-corrected chi connectivity index (χ2v) is 5.36. The Balaban J connectivity index is 2.08. The zero-order valence-electron chi connectivity index (χ0n) is 10.9. The molecule has 0 aliphatic carbocycles. The van der Waals surface area contributed by atoms with Gasteiger partial charge in [-0.05, 0) is 44.9 Å². The van der Waals surface area contributed by atoms with Crippen LogP contribution < -0.4 is 11.1 Å². The number of ether oxygens (including phenoxy) is 1. The molecule has 0 saturated carbocycles. The van der Waals surface area contributed by atoms with Crippen LogP contribution in [-0.2, 0) is 4.74 Å². The number of anilines is 2. The molecular weight excluding hydrogens is 226 g/mol. The standard InChI is InChI=1S/C14H19N3O/c1-14(2)8-12(5-6-18-14)17-11-3-4-13(16)10(7-11)9-15/h3-4,7,12,17H,5-6,8,16H2,1-2H3. The third kappa shape index (κ3) is 2.93. The van der Waals surface area contributed by atoms with Crippen LogP contribution >= 0.6 is 0 Å². The van der Waals surface area contributed by atoms with Crippen LogP contribution in [0.1, 0.15) is 32.3 Å². The zero-order valence-corrected chi connectivity index (χ0v) is 10.9. The molecule has 96 valence electrons. The number of hydrogen-bond acceptors (Lipinski definition) is 4. The summed E-state index contributed by atoms with van der Waals surface area (Å²) in [6, 6.07) is 7.97. The summed E-state index contributed by atoms with van der Waals surface area (Å²) in [4.78, 5) is 0. The molecule has 1 aromatic rings. The van der Waals surface area contributed by atoms with E-state index in [9.17, 15) is 0 Å². The Hall–Kier alpha value is -1.73. The van der Waals surface area contributed by atoms with Crippen LogP contribution in [0.3, 0.4) is 0 Å². The van der Waals surface area contributed by atoms with Gasteiger partial charge >= 0.3 is 0 Å². The smallest absolute Gasteiger partial charge is 0.101 e. The summed E-state index contributed by atoms with van der Waals surface area (Å²) in [7, 11) is 0. The lowest BCUT2D eigenvalue weighted by Gasteiger charge is -2.36. The van der Waals surface area contributed by atoms with Gasteiger partial charge in [-0.25, -0.2) is 0 Å². The summed E-state index contributed by atoms with van der Waals surface area (Å²) in [6.45, 7) is 4.97. The van der Waals surface area contributed by atoms with E-state index in [1.54, 1.807) is 12.1 Å². The molecule has 1 saturated heterocycles. The molecule has 1 heterocycles. The molecule has 1 aromatic carbocycles. The molecule has 4 heteroatoms. The Morgan fingerprint density at radius 3 is 2.94 bits per heavy atom. The van der Waals surface area contributed by atoms with Crippen LogP contribution in [0.5, 0.6) is 0 Å². The molecule has 2 rings (SSSR count). The van der Waals surface area contributed by atoms with Crippen molar-refractivity contribution in [1.82, 2.24) is 0 Å². The molecule has 1 aliphatic rings. The maximum Gasteiger partial charge on any atom is 0.101 e. The molecule has 0 radical (unpaired) electrons. The summed E-state index contributed by atoms with van der Waals surface area (Å²) in [5.41, 5.74) is 7.62. The maximum absolute atomic E-state index is 8.95. The van der Waals surface area contributed by atoms with Gasteiger partial charge in [0.1, 0.15) is 6.07 Å². The second-order valence-electron chi connectivity index (χ2n) is 5.36. The first-order chi connectivity index (χ1) is 8.50. The fourth-order valence-corrected chi connectivity index (χ4v) is 2.33. The number of rotatable bonds is 2. The van der Waals surface area contributed by atoms with E-state index in [4.69, 9.17) is 15.7 Å². The van der Waals surface area contributed by atoms with Crippen LogP contribution in [0, 0.1) is 11.3 Å². The first kappa shape index (κ1) is 12.7. The average Bonchev–Trinajstić information content (AvgIpc) is 2.30. The van der Waals surface area contributed by atoms with Gasteiger partial charge in [0.15, 0.2) is 0 Å². The fraction of sp³-hybridized carbons (Fsp3) is 0.500. The topological polar surface area (TPSA) is 71.1 Å². The minimum atomic E-state index is -0.0816. The molecule has 1 atom stereocenters. The molecule has 0 aromatic heterocycles. The normalized spacial score (nSPS) is 22.2. The number of nitrogens with two attached hydrogens (primary N) is 1. The predicted octanol–water partition coefficient (Wildman–Crippen LogP) is 2.51. The Labute approximate surface area is 108 Å². The highest BCUT2D eigenvalue weighted by molar-refractivity contribution is 5.62. The molecule has 1 aliphatic heterocycles. The average molecular weight is 245 g/mol. The summed E-state index contributed by atoms with van der Waals surface area (Å²) >= 11 is 0. The molecule has 0 spiro atoms. The number of nitriles is 1. The van der Waals surface area contributed by atoms with E-state index in [0.717, 1.165) is 25.1 Å². The fourth-order valence-electron chi connectivity index (χ4n) is 2.33. The van der Waals surface area contributed by atoms with E-state index in [-0.39, 0.29) is 5.60 Å². The lowest BCUT2D eigenvalue weighted by atomic mass is 9.93. The number of hydrogen-bond donors (Lipinski definition) is 2. The van der Waals surface area contributed by atoms with Gasteiger partial charge in [0, 0.05) is 24.0 Å². The van der Waals surface area contributed by atoms with Gasteiger partial charge < -0.3 is 15.8 Å². The van der Waals surface area contributed by atoms with Gasteiger partial charge in [0.05, 0.1) is 11.2 Å². The number of nitrogen functional groups attached to an aromatic ring is 1.